The van der Waals surface area contributed by atoms with Crippen molar-refractivity contribution in [3.63, 3.8) is 0 Å². The zero-order valence-corrected chi connectivity index (χ0v) is 18.7. The Hall–Kier alpha value is -2.98. The van der Waals surface area contributed by atoms with Crippen LogP contribution in [0.5, 0.6) is 0 Å². The Kier molecular flexibility index (Phi) is 6.66. The Morgan fingerprint density at radius 2 is 1.91 bits per heavy atom. The molecule has 3 heterocycles. The molecule has 0 radical (unpaired) electrons. The monoisotopic (exact) mass is 476 g/mol. The van der Waals surface area contributed by atoms with Crippen molar-refractivity contribution in [3.05, 3.63) is 79.9 Å². The molecule has 174 valence electrons. The minimum Gasteiger partial charge on any atom is -0.349 e. The summed E-state index contributed by atoms with van der Waals surface area (Å²) in [6.07, 6.45) is -2.45. The minimum atomic E-state index is -4.61. The number of aromatic nitrogens is 2. The molecule has 1 unspecified atom stereocenters. The van der Waals surface area contributed by atoms with Crippen LogP contribution in [-0.4, -0.2) is 40.2 Å². The van der Waals surface area contributed by atoms with Gasteiger partial charge in [-0.1, -0.05) is 18.2 Å². The number of carbonyl (C=O) groups excluding carboxylic acids is 1. The van der Waals surface area contributed by atoms with Crippen LogP contribution < -0.4 is 10.7 Å². The van der Waals surface area contributed by atoms with E-state index in [4.69, 9.17) is 0 Å². The molecule has 1 amide bonds. The summed E-state index contributed by atoms with van der Waals surface area (Å²) in [6.45, 7) is 3.58. The van der Waals surface area contributed by atoms with Gasteiger partial charge in [-0.25, -0.2) is 4.68 Å². The number of hydrogen-bond donors (Lipinski definition) is 1. The third-order valence-electron chi connectivity index (χ3n) is 5.67. The Morgan fingerprint density at radius 3 is 2.58 bits per heavy atom. The van der Waals surface area contributed by atoms with E-state index in [1.165, 1.54) is 25.1 Å². The molecule has 1 aliphatic heterocycles. The fourth-order valence-electron chi connectivity index (χ4n) is 4.06. The van der Waals surface area contributed by atoms with Crippen LogP contribution in [0.2, 0.25) is 0 Å². The highest BCUT2D eigenvalue weighted by Gasteiger charge is 2.34. The lowest BCUT2D eigenvalue weighted by molar-refractivity contribution is -0.137. The van der Waals surface area contributed by atoms with Crippen LogP contribution in [0.3, 0.4) is 0 Å². The molecule has 0 spiro atoms. The number of thiophene rings is 1. The third-order valence-corrected chi connectivity index (χ3v) is 6.64. The number of alkyl halides is 3. The van der Waals surface area contributed by atoms with E-state index in [9.17, 15) is 22.8 Å². The standard InChI is InChI=1S/C23H23F3N4O2S/c1-15-13-19(31)21(28-30(15)17-8-3-2-7-16(17)23(24,25)26)22(32)27-14-18(20-9-6-12-33-20)29-10-4-5-11-29/h2-3,6-9,12-13,18H,4-5,10-11,14H2,1H3,(H,27,32). The highest BCUT2D eigenvalue weighted by molar-refractivity contribution is 7.10. The SMILES string of the molecule is Cc1cc(=O)c(C(=O)NCC(c2cccs2)N2CCCC2)nn1-c1ccccc1C(F)(F)F. The number of para-hydroxylation sites is 1. The second-order valence-electron chi connectivity index (χ2n) is 7.91. The van der Waals surface area contributed by atoms with Gasteiger partial charge in [-0.15, -0.1) is 11.3 Å². The number of carbonyl (C=O) groups is 1. The van der Waals surface area contributed by atoms with E-state index in [2.05, 4.69) is 15.3 Å². The van der Waals surface area contributed by atoms with Gasteiger partial charge >= 0.3 is 6.18 Å². The highest BCUT2D eigenvalue weighted by atomic mass is 32.1. The summed E-state index contributed by atoms with van der Waals surface area (Å²) in [4.78, 5) is 28.8. The molecule has 33 heavy (non-hydrogen) atoms. The Morgan fingerprint density at radius 1 is 1.18 bits per heavy atom. The van der Waals surface area contributed by atoms with Crippen LogP contribution >= 0.6 is 11.3 Å². The Balaban J connectivity index is 1.62. The zero-order chi connectivity index (χ0) is 23.6. The normalized spacial score (nSPS) is 15.5. The number of nitrogens with zero attached hydrogens (tertiary/aromatic N) is 3. The number of benzene rings is 1. The molecule has 2 aromatic heterocycles. The van der Waals surface area contributed by atoms with E-state index in [-0.39, 0.29) is 24.0 Å². The van der Waals surface area contributed by atoms with Crippen molar-refractivity contribution in [2.75, 3.05) is 19.6 Å². The fourth-order valence-corrected chi connectivity index (χ4v) is 4.92. The topological polar surface area (TPSA) is 67.2 Å². The van der Waals surface area contributed by atoms with Gasteiger partial charge in [0.15, 0.2) is 5.69 Å². The highest BCUT2D eigenvalue weighted by Crippen LogP contribution is 2.33. The molecule has 10 heteroatoms. The number of likely N-dealkylation sites (tertiary alicyclic amines) is 1. The number of rotatable bonds is 6. The average molecular weight is 477 g/mol. The molecule has 1 atom stereocenters. The van der Waals surface area contributed by atoms with Crippen LogP contribution in [0.15, 0.2) is 52.6 Å². The molecular weight excluding hydrogens is 453 g/mol. The lowest BCUT2D eigenvalue weighted by Gasteiger charge is -2.26. The van der Waals surface area contributed by atoms with Gasteiger partial charge in [-0.3, -0.25) is 14.5 Å². The summed E-state index contributed by atoms with van der Waals surface area (Å²) < 4.78 is 41.5. The van der Waals surface area contributed by atoms with E-state index in [0.29, 0.717) is 0 Å². The first-order valence-electron chi connectivity index (χ1n) is 10.6. The smallest absolute Gasteiger partial charge is 0.349 e. The van der Waals surface area contributed by atoms with Gasteiger partial charge in [0.2, 0.25) is 5.43 Å². The van der Waals surface area contributed by atoms with Crippen molar-refractivity contribution < 1.29 is 18.0 Å². The fraction of sp³-hybridized carbons (Fsp3) is 0.348. The van der Waals surface area contributed by atoms with Crippen molar-refractivity contribution in [3.8, 4) is 5.69 Å². The van der Waals surface area contributed by atoms with Crippen molar-refractivity contribution >= 4 is 17.2 Å². The molecule has 1 aromatic carbocycles. The van der Waals surface area contributed by atoms with Crippen LogP contribution in [-0.2, 0) is 6.18 Å². The molecule has 0 aliphatic carbocycles. The Labute approximate surface area is 192 Å². The maximum Gasteiger partial charge on any atom is 0.418 e. The van der Waals surface area contributed by atoms with Crippen LogP contribution in [0.25, 0.3) is 5.69 Å². The van der Waals surface area contributed by atoms with E-state index >= 15 is 0 Å². The third kappa shape index (κ3) is 5.01. The average Bonchev–Trinajstić information content (AvgIpc) is 3.48. The van der Waals surface area contributed by atoms with Gasteiger partial charge in [0.25, 0.3) is 5.91 Å². The first-order chi connectivity index (χ1) is 15.8. The van der Waals surface area contributed by atoms with Crippen molar-refractivity contribution in [2.24, 2.45) is 0 Å². The quantitative estimate of drug-likeness (QED) is 0.580. The van der Waals surface area contributed by atoms with Gasteiger partial charge < -0.3 is 5.32 Å². The Bertz CT molecular complexity index is 1190. The number of hydrogen-bond acceptors (Lipinski definition) is 5. The first kappa shape index (κ1) is 23.2. The zero-order valence-electron chi connectivity index (χ0n) is 17.9. The van der Waals surface area contributed by atoms with Crippen molar-refractivity contribution in [1.29, 1.82) is 0 Å². The van der Waals surface area contributed by atoms with E-state index < -0.39 is 28.8 Å². The van der Waals surface area contributed by atoms with Gasteiger partial charge in [0, 0.05) is 23.2 Å². The second-order valence-corrected chi connectivity index (χ2v) is 8.89. The van der Waals surface area contributed by atoms with Crippen LogP contribution in [0.1, 0.15) is 45.5 Å². The molecule has 1 saturated heterocycles. The molecule has 0 bridgehead atoms. The summed E-state index contributed by atoms with van der Waals surface area (Å²) in [5.74, 6) is -0.709. The second kappa shape index (κ2) is 9.48. The van der Waals surface area contributed by atoms with E-state index in [0.717, 1.165) is 47.6 Å². The van der Waals surface area contributed by atoms with Crippen molar-refractivity contribution in [1.82, 2.24) is 20.0 Å². The summed E-state index contributed by atoms with van der Waals surface area (Å²) in [6, 6.07) is 9.98. The molecule has 0 saturated carbocycles. The summed E-state index contributed by atoms with van der Waals surface area (Å²) in [5, 5.41) is 8.78. The maximum atomic E-state index is 13.5. The largest absolute Gasteiger partial charge is 0.418 e. The maximum absolute atomic E-state index is 13.5. The predicted molar refractivity (Wildman–Crippen MR) is 120 cm³/mol. The molecule has 1 aliphatic rings. The first-order valence-corrected chi connectivity index (χ1v) is 11.5. The molecule has 3 aromatic rings. The number of halogens is 3. The van der Waals surface area contributed by atoms with E-state index in [1.807, 2.05) is 17.5 Å². The molecule has 4 rings (SSSR count). The van der Waals surface area contributed by atoms with Crippen LogP contribution in [0.4, 0.5) is 13.2 Å². The number of nitrogens with one attached hydrogen (secondary N) is 1. The molecule has 6 nitrogen and oxygen atoms in total. The predicted octanol–water partition coefficient (Wildman–Crippen LogP) is 4.19. The number of aryl methyl sites for hydroxylation is 1. The summed E-state index contributed by atoms with van der Waals surface area (Å²) in [7, 11) is 0. The molecular formula is C23H23F3N4O2S. The van der Waals surface area contributed by atoms with E-state index in [1.54, 1.807) is 11.3 Å². The molecule has 1 fully saturated rings. The van der Waals surface area contributed by atoms with Gasteiger partial charge in [0.1, 0.15) is 0 Å². The van der Waals surface area contributed by atoms with Gasteiger partial charge in [-0.05, 0) is 56.4 Å². The van der Waals surface area contributed by atoms with Crippen LogP contribution in [0, 0.1) is 6.92 Å². The van der Waals surface area contributed by atoms with Gasteiger partial charge in [-0.2, -0.15) is 18.3 Å². The van der Waals surface area contributed by atoms with Crippen molar-refractivity contribution in [2.45, 2.75) is 32.0 Å². The van der Waals surface area contributed by atoms with Gasteiger partial charge in [0.05, 0.1) is 17.3 Å². The summed E-state index contributed by atoms with van der Waals surface area (Å²) in [5.41, 5.74) is -2.03. The molecule has 1 N–H and O–H groups in total. The minimum absolute atomic E-state index is 0.0323. The lowest BCUT2D eigenvalue weighted by Crippen LogP contribution is -2.39. The lowest BCUT2D eigenvalue weighted by atomic mass is 10.1. The summed E-state index contributed by atoms with van der Waals surface area (Å²) >= 11 is 1.59. The number of amides is 1.